The summed E-state index contributed by atoms with van der Waals surface area (Å²) in [5.74, 6) is 0.904. The first-order valence-electron chi connectivity index (χ1n) is 8.76. The molecule has 1 aliphatic carbocycles. The van der Waals surface area contributed by atoms with Crippen LogP contribution < -0.4 is 0 Å². The fourth-order valence-corrected chi connectivity index (χ4v) is 3.65. The fraction of sp³-hybridized carbons (Fsp3) is 0.409. The number of ketones is 1. The van der Waals surface area contributed by atoms with Crippen molar-refractivity contribution >= 4 is 5.78 Å². The Balaban J connectivity index is 1.65. The topological polar surface area (TPSA) is 17.1 Å². The van der Waals surface area contributed by atoms with E-state index in [1.54, 1.807) is 0 Å². The summed E-state index contributed by atoms with van der Waals surface area (Å²) in [5.41, 5.74) is 5.15. The van der Waals surface area contributed by atoms with Gasteiger partial charge in [-0.15, -0.1) is 0 Å². The van der Waals surface area contributed by atoms with E-state index in [1.165, 1.54) is 28.7 Å². The number of carbonyl (C=O) groups excluding carboxylic acids is 1. The van der Waals surface area contributed by atoms with Crippen LogP contribution >= 0.6 is 0 Å². The first-order chi connectivity index (χ1) is 11.1. The molecule has 2 aromatic carbocycles. The zero-order valence-electron chi connectivity index (χ0n) is 14.2. The molecular formula is C22H26O. The molecule has 0 spiro atoms. The minimum Gasteiger partial charge on any atom is -0.299 e. The van der Waals surface area contributed by atoms with Gasteiger partial charge in [0, 0.05) is 11.8 Å². The first-order valence-corrected chi connectivity index (χ1v) is 8.76. The van der Waals surface area contributed by atoms with Gasteiger partial charge >= 0.3 is 0 Å². The van der Waals surface area contributed by atoms with Gasteiger partial charge in [0.15, 0.2) is 0 Å². The van der Waals surface area contributed by atoms with Gasteiger partial charge in [-0.3, -0.25) is 4.79 Å². The Hall–Kier alpha value is -1.89. The minimum atomic E-state index is 0.210. The minimum absolute atomic E-state index is 0.210. The molecule has 0 aromatic heterocycles. The van der Waals surface area contributed by atoms with E-state index in [2.05, 4.69) is 62.4 Å². The SMILES string of the molecule is Cc1ccc(CC2CCCC(Cc3ccc(C)cc3)C2=O)cc1. The van der Waals surface area contributed by atoms with Gasteiger partial charge in [-0.2, -0.15) is 0 Å². The van der Waals surface area contributed by atoms with Crippen molar-refractivity contribution in [2.75, 3.05) is 0 Å². The highest BCUT2D eigenvalue weighted by Crippen LogP contribution is 2.30. The second-order valence-corrected chi connectivity index (χ2v) is 7.11. The largest absolute Gasteiger partial charge is 0.299 e. The number of Topliss-reactive ketones (excluding diaryl/α,β-unsaturated/α-hetero) is 1. The third kappa shape index (κ3) is 4.10. The lowest BCUT2D eigenvalue weighted by Gasteiger charge is -2.28. The number of aryl methyl sites for hydroxylation is 2. The highest BCUT2D eigenvalue weighted by Gasteiger charge is 2.31. The maximum Gasteiger partial charge on any atom is 0.139 e. The number of carbonyl (C=O) groups is 1. The summed E-state index contributed by atoms with van der Waals surface area (Å²) in [5, 5.41) is 0. The molecule has 0 N–H and O–H groups in total. The van der Waals surface area contributed by atoms with Crippen molar-refractivity contribution in [1.82, 2.24) is 0 Å². The lowest BCUT2D eigenvalue weighted by Crippen LogP contribution is -2.31. The van der Waals surface area contributed by atoms with Crippen LogP contribution in [-0.2, 0) is 17.6 Å². The van der Waals surface area contributed by atoms with E-state index in [4.69, 9.17) is 0 Å². The molecule has 0 bridgehead atoms. The summed E-state index contributed by atoms with van der Waals surface area (Å²) in [7, 11) is 0. The Kier molecular flexibility index (Phi) is 4.95. The fourth-order valence-electron chi connectivity index (χ4n) is 3.65. The number of hydrogen-bond donors (Lipinski definition) is 0. The second-order valence-electron chi connectivity index (χ2n) is 7.11. The predicted molar refractivity (Wildman–Crippen MR) is 95.6 cm³/mol. The van der Waals surface area contributed by atoms with Crippen molar-refractivity contribution in [2.45, 2.75) is 46.0 Å². The maximum atomic E-state index is 12.9. The van der Waals surface area contributed by atoms with E-state index in [0.717, 1.165) is 25.7 Å². The molecule has 0 aliphatic heterocycles. The van der Waals surface area contributed by atoms with Crippen molar-refractivity contribution in [3.05, 3.63) is 70.8 Å². The van der Waals surface area contributed by atoms with Gasteiger partial charge < -0.3 is 0 Å². The quantitative estimate of drug-likeness (QED) is 0.770. The molecule has 1 aliphatic rings. The van der Waals surface area contributed by atoms with Gasteiger partial charge in [0.1, 0.15) is 5.78 Å². The molecule has 1 nitrogen and oxygen atoms in total. The molecule has 0 radical (unpaired) electrons. The van der Waals surface area contributed by atoms with Crippen LogP contribution in [0, 0.1) is 25.7 Å². The van der Waals surface area contributed by atoms with E-state index >= 15 is 0 Å². The van der Waals surface area contributed by atoms with Crippen molar-refractivity contribution in [1.29, 1.82) is 0 Å². The summed E-state index contributed by atoms with van der Waals surface area (Å²) in [6.45, 7) is 4.21. The summed E-state index contributed by atoms with van der Waals surface area (Å²) >= 11 is 0. The number of benzene rings is 2. The molecule has 1 saturated carbocycles. The highest BCUT2D eigenvalue weighted by molar-refractivity contribution is 5.84. The van der Waals surface area contributed by atoms with Crippen molar-refractivity contribution in [3.63, 3.8) is 0 Å². The first kappa shape index (κ1) is 16.0. The summed E-state index contributed by atoms with van der Waals surface area (Å²) in [4.78, 5) is 12.9. The average molecular weight is 306 g/mol. The van der Waals surface area contributed by atoms with Crippen molar-refractivity contribution in [3.8, 4) is 0 Å². The molecule has 0 heterocycles. The Morgan fingerprint density at radius 1 is 0.739 bits per heavy atom. The molecule has 2 atom stereocenters. The van der Waals surface area contributed by atoms with Crippen LogP contribution in [0.1, 0.15) is 41.5 Å². The predicted octanol–water partition coefficient (Wildman–Crippen LogP) is 5.07. The molecule has 3 rings (SSSR count). The van der Waals surface area contributed by atoms with Crippen molar-refractivity contribution in [2.24, 2.45) is 11.8 Å². The molecule has 0 amide bonds. The van der Waals surface area contributed by atoms with Gasteiger partial charge in [0.2, 0.25) is 0 Å². The normalized spacial score (nSPS) is 21.4. The molecule has 1 fully saturated rings. The Morgan fingerprint density at radius 2 is 1.13 bits per heavy atom. The number of hydrogen-bond acceptors (Lipinski definition) is 1. The summed E-state index contributed by atoms with van der Waals surface area (Å²) in [6, 6.07) is 17.3. The van der Waals surface area contributed by atoms with E-state index in [9.17, 15) is 4.79 Å². The second kappa shape index (κ2) is 7.12. The van der Waals surface area contributed by atoms with Crippen LogP contribution in [0.4, 0.5) is 0 Å². The van der Waals surface area contributed by atoms with Gasteiger partial charge in [-0.25, -0.2) is 0 Å². The number of rotatable bonds is 4. The van der Waals surface area contributed by atoms with Gasteiger partial charge in [-0.1, -0.05) is 66.1 Å². The van der Waals surface area contributed by atoms with Gasteiger partial charge in [0.05, 0.1) is 0 Å². The third-order valence-corrected chi connectivity index (χ3v) is 5.12. The standard InChI is InChI=1S/C22H26O/c1-16-6-10-18(11-7-16)14-20-4-3-5-21(22(20)23)15-19-12-8-17(2)9-13-19/h6-13,20-21H,3-5,14-15H2,1-2H3. The maximum absolute atomic E-state index is 12.9. The zero-order valence-corrected chi connectivity index (χ0v) is 14.2. The lowest BCUT2D eigenvalue weighted by molar-refractivity contribution is -0.129. The third-order valence-electron chi connectivity index (χ3n) is 5.12. The smallest absolute Gasteiger partial charge is 0.139 e. The Labute approximate surface area is 139 Å². The average Bonchev–Trinajstić information content (AvgIpc) is 2.55. The van der Waals surface area contributed by atoms with E-state index in [0.29, 0.717) is 5.78 Å². The van der Waals surface area contributed by atoms with Gasteiger partial charge in [-0.05, 0) is 50.7 Å². The molecule has 1 heteroatoms. The van der Waals surface area contributed by atoms with Crippen LogP contribution in [0.15, 0.2) is 48.5 Å². The summed E-state index contributed by atoms with van der Waals surface area (Å²) < 4.78 is 0. The van der Waals surface area contributed by atoms with Crippen molar-refractivity contribution < 1.29 is 4.79 Å². The Morgan fingerprint density at radius 3 is 1.52 bits per heavy atom. The molecule has 2 unspecified atom stereocenters. The summed E-state index contributed by atoms with van der Waals surface area (Å²) in [6.07, 6.45) is 5.10. The highest BCUT2D eigenvalue weighted by atomic mass is 16.1. The molecule has 2 aromatic rings. The molecular weight excluding hydrogens is 280 g/mol. The van der Waals surface area contributed by atoms with Gasteiger partial charge in [0.25, 0.3) is 0 Å². The zero-order chi connectivity index (χ0) is 16.2. The molecule has 120 valence electrons. The molecule has 0 saturated heterocycles. The van der Waals surface area contributed by atoms with E-state index in [1.807, 2.05) is 0 Å². The van der Waals surface area contributed by atoms with E-state index < -0.39 is 0 Å². The monoisotopic (exact) mass is 306 g/mol. The van der Waals surface area contributed by atoms with Crippen LogP contribution in [0.25, 0.3) is 0 Å². The van der Waals surface area contributed by atoms with E-state index in [-0.39, 0.29) is 11.8 Å². The van der Waals surface area contributed by atoms with Crippen LogP contribution in [0.5, 0.6) is 0 Å². The Bertz CT molecular complexity index is 594. The molecule has 23 heavy (non-hydrogen) atoms. The van der Waals surface area contributed by atoms with Crippen LogP contribution in [0.3, 0.4) is 0 Å². The van der Waals surface area contributed by atoms with Crippen LogP contribution in [-0.4, -0.2) is 5.78 Å². The lowest BCUT2D eigenvalue weighted by atomic mass is 9.75. The van der Waals surface area contributed by atoms with Crippen LogP contribution in [0.2, 0.25) is 0 Å².